The molecule has 110 valence electrons. The molecule has 21 heavy (non-hydrogen) atoms. The van der Waals surface area contributed by atoms with E-state index < -0.39 is 6.10 Å². The lowest BCUT2D eigenvalue weighted by molar-refractivity contribution is 0.126. The Labute approximate surface area is 128 Å². The van der Waals surface area contributed by atoms with Gasteiger partial charge >= 0.3 is 0 Å². The van der Waals surface area contributed by atoms with Crippen molar-refractivity contribution in [2.24, 2.45) is 7.05 Å². The van der Waals surface area contributed by atoms with Crippen molar-refractivity contribution < 1.29 is 9.84 Å². The fourth-order valence-corrected chi connectivity index (χ4v) is 2.53. The molecule has 1 aromatic carbocycles. The Hall–Kier alpha value is -1.97. The first-order valence-electron chi connectivity index (χ1n) is 6.56. The van der Waals surface area contributed by atoms with E-state index in [0.29, 0.717) is 17.9 Å². The predicted molar refractivity (Wildman–Crippen MR) is 81.2 cm³/mol. The molecule has 0 radical (unpaired) electrons. The van der Waals surface area contributed by atoms with E-state index in [0.717, 1.165) is 10.7 Å². The smallest absolute Gasteiger partial charge is 0.167 e. The predicted octanol–water partition coefficient (Wildman–Crippen LogP) is 2.02. The summed E-state index contributed by atoms with van der Waals surface area (Å²) < 4.78 is 7.44. The molecule has 0 saturated carbocycles. The quantitative estimate of drug-likeness (QED) is 0.792. The van der Waals surface area contributed by atoms with Crippen LogP contribution in [0, 0.1) is 11.3 Å². The fourth-order valence-electron chi connectivity index (χ4n) is 1.70. The van der Waals surface area contributed by atoms with Crippen LogP contribution in [0.1, 0.15) is 5.56 Å². The van der Waals surface area contributed by atoms with Gasteiger partial charge in [0.15, 0.2) is 5.16 Å². The van der Waals surface area contributed by atoms with Crippen molar-refractivity contribution in [3.8, 4) is 11.8 Å². The van der Waals surface area contributed by atoms with Gasteiger partial charge in [0, 0.05) is 25.2 Å². The van der Waals surface area contributed by atoms with Gasteiger partial charge in [-0.3, -0.25) is 0 Å². The number of ether oxygens (including phenoxy) is 1. The van der Waals surface area contributed by atoms with Crippen molar-refractivity contribution >= 4 is 11.8 Å². The summed E-state index contributed by atoms with van der Waals surface area (Å²) in [4.78, 5) is 4.18. The van der Waals surface area contributed by atoms with E-state index in [2.05, 4.69) is 11.1 Å². The van der Waals surface area contributed by atoms with Crippen molar-refractivity contribution in [2.75, 3.05) is 12.4 Å². The van der Waals surface area contributed by atoms with Crippen LogP contribution in [-0.2, 0) is 13.5 Å². The van der Waals surface area contributed by atoms with Crippen molar-refractivity contribution in [1.82, 2.24) is 9.55 Å². The molecule has 1 aromatic heterocycles. The number of benzene rings is 1. The molecule has 0 aliphatic carbocycles. The molecule has 0 bridgehead atoms. The maximum absolute atomic E-state index is 9.91. The fraction of sp³-hybridized carbons (Fsp3) is 0.333. The van der Waals surface area contributed by atoms with E-state index in [9.17, 15) is 5.11 Å². The molecule has 0 saturated heterocycles. The average molecular weight is 303 g/mol. The first-order chi connectivity index (χ1) is 10.2. The van der Waals surface area contributed by atoms with E-state index in [1.54, 1.807) is 6.20 Å². The van der Waals surface area contributed by atoms with Gasteiger partial charge in [-0.1, -0.05) is 23.9 Å². The first kappa shape index (κ1) is 15.4. The van der Waals surface area contributed by atoms with Crippen LogP contribution in [0.25, 0.3) is 0 Å². The second-order valence-corrected chi connectivity index (χ2v) is 5.56. The lowest BCUT2D eigenvalue weighted by Gasteiger charge is -2.12. The summed E-state index contributed by atoms with van der Waals surface area (Å²) in [5.74, 6) is 1.22. The number of aryl methyl sites for hydroxylation is 1. The van der Waals surface area contributed by atoms with E-state index in [4.69, 9.17) is 10.00 Å². The third kappa shape index (κ3) is 4.81. The number of aliphatic hydroxyl groups excluding tert-OH is 1. The Morgan fingerprint density at radius 2 is 2.19 bits per heavy atom. The zero-order chi connectivity index (χ0) is 15.1. The maximum atomic E-state index is 9.91. The zero-order valence-electron chi connectivity index (χ0n) is 11.8. The van der Waals surface area contributed by atoms with Crippen molar-refractivity contribution in [1.29, 1.82) is 5.26 Å². The zero-order valence-corrected chi connectivity index (χ0v) is 12.6. The molecule has 1 atom stereocenters. The van der Waals surface area contributed by atoms with Crippen molar-refractivity contribution in [3.63, 3.8) is 0 Å². The van der Waals surface area contributed by atoms with Crippen LogP contribution >= 0.6 is 11.8 Å². The van der Waals surface area contributed by atoms with Crippen LogP contribution < -0.4 is 4.74 Å². The molecule has 0 aliphatic heterocycles. The van der Waals surface area contributed by atoms with E-state index in [-0.39, 0.29) is 6.61 Å². The second-order valence-electron chi connectivity index (χ2n) is 4.58. The van der Waals surface area contributed by atoms with Gasteiger partial charge < -0.3 is 14.4 Å². The van der Waals surface area contributed by atoms with E-state index in [1.807, 2.05) is 42.1 Å². The molecule has 1 N–H and O–H groups in total. The Balaban J connectivity index is 1.74. The summed E-state index contributed by atoms with van der Waals surface area (Å²) in [6.07, 6.45) is 3.43. The summed E-state index contributed by atoms with van der Waals surface area (Å²) in [6, 6.07) is 9.43. The molecule has 0 spiro atoms. The van der Waals surface area contributed by atoms with Gasteiger partial charge in [0.05, 0.1) is 18.6 Å². The molecule has 0 fully saturated rings. The first-order valence-corrected chi connectivity index (χ1v) is 7.54. The average Bonchev–Trinajstić information content (AvgIpc) is 2.90. The van der Waals surface area contributed by atoms with Crippen LogP contribution in [0.4, 0.5) is 0 Å². The molecule has 2 rings (SSSR count). The summed E-state index contributed by atoms with van der Waals surface area (Å²) in [6.45, 7) is 0.231. The molecule has 1 unspecified atom stereocenters. The number of hydrogen-bond acceptors (Lipinski definition) is 5. The Bertz CT molecular complexity index is 604. The van der Waals surface area contributed by atoms with Crippen molar-refractivity contribution in [3.05, 3.63) is 42.2 Å². The van der Waals surface area contributed by atoms with E-state index >= 15 is 0 Å². The summed E-state index contributed by atoms with van der Waals surface area (Å²) >= 11 is 1.49. The second kappa shape index (κ2) is 7.72. The van der Waals surface area contributed by atoms with E-state index in [1.165, 1.54) is 11.8 Å². The highest BCUT2D eigenvalue weighted by molar-refractivity contribution is 7.99. The van der Waals surface area contributed by atoms with Gasteiger partial charge in [0.1, 0.15) is 12.4 Å². The van der Waals surface area contributed by atoms with Gasteiger partial charge in [0.2, 0.25) is 0 Å². The number of nitriles is 1. The molecule has 1 heterocycles. The minimum absolute atomic E-state index is 0.231. The molecular formula is C15H17N3O2S. The summed E-state index contributed by atoms with van der Waals surface area (Å²) in [5, 5.41) is 19.4. The van der Waals surface area contributed by atoms with Gasteiger partial charge in [0.25, 0.3) is 0 Å². The maximum Gasteiger partial charge on any atom is 0.167 e. The van der Waals surface area contributed by atoms with Crippen LogP contribution in [0.5, 0.6) is 5.75 Å². The topological polar surface area (TPSA) is 71.1 Å². The minimum Gasteiger partial charge on any atom is -0.491 e. The number of hydrogen-bond donors (Lipinski definition) is 1. The highest BCUT2D eigenvalue weighted by Crippen LogP contribution is 2.17. The number of imidazole rings is 1. The molecule has 0 aliphatic rings. The minimum atomic E-state index is -0.564. The normalized spacial score (nSPS) is 11.9. The third-order valence-corrected chi connectivity index (χ3v) is 4.03. The highest BCUT2D eigenvalue weighted by Gasteiger charge is 2.08. The molecular weight excluding hydrogens is 286 g/mol. The largest absolute Gasteiger partial charge is 0.491 e. The van der Waals surface area contributed by atoms with Crippen LogP contribution in [-0.4, -0.2) is 33.1 Å². The lowest BCUT2D eigenvalue weighted by Crippen LogP contribution is -2.20. The molecule has 2 aromatic rings. The van der Waals surface area contributed by atoms with Crippen molar-refractivity contribution in [2.45, 2.75) is 17.7 Å². The SMILES string of the molecule is Cn1ccnc1SCC(O)COc1ccc(CC#N)cc1. The molecule has 6 heteroatoms. The number of aliphatic hydroxyl groups is 1. The summed E-state index contributed by atoms with van der Waals surface area (Å²) in [5.41, 5.74) is 0.954. The van der Waals surface area contributed by atoms with Gasteiger partial charge in [-0.15, -0.1) is 0 Å². The monoisotopic (exact) mass is 303 g/mol. The Morgan fingerprint density at radius 1 is 1.43 bits per heavy atom. The highest BCUT2D eigenvalue weighted by atomic mass is 32.2. The Kier molecular flexibility index (Phi) is 5.67. The summed E-state index contributed by atoms with van der Waals surface area (Å²) in [7, 11) is 1.92. The molecule has 0 amide bonds. The Morgan fingerprint density at radius 3 is 2.81 bits per heavy atom. The van der Waals surface area contributed by atoms with Gasteiger partial charge in [-0.05, 0) is 17.7 Å². The van der Waals surface area contributed by atoms with Gasteiger partial charge in [-0.2, -0.15) is 5.26 Å². The van der Waals surface area contributed by atoms with Gasteiger partial charge in [-0.25, -0.2) is 4.98 Å². The van der Waals surface area contributed by atoms with Crippen LogP contribution in [0.15, 0.2) is 41.8 Å². The molecule has 5 nitrogen and oxygen atoms in total. The third-order valence-electron chi connectivity index (χ3n) is 2.83. The number of aromatic nitrogens is 2. The van der Waals surface area contributed by atoms with Crippen LogP contribution in [0.3, 0.4) is 0 Å². The van der Waals surface area contributed by atoms with Crippen LogP contribution in [0.2, 0.25) is 0 Å². The lowest BCUT2D eigenvalue weighted by atomic mass is 10.2. The number of thioether (sulfide) groups is 1. The number of rotatable bonds is 7. The number of nitrogens with zero attached hydrogens (tertiary/aromatic N) is 3. The standard InChI is InChI=1S/C15H17N3O2S/c1-18-9-8-17-15(18)21-11-13(19)10-20-14-4-2-12(3-5-14)6-7-16/h2-5,8-9,13,19H,6,10-11H2,1H3.